The minimum atomic E-state index is 0.422. The van der Waals surface area contributed by atoms with Gasteiger partial charge in [0.15, 0.2) is 0 Å². The number of aldehydes is 1. The highest BCUT2D eigenvalue weighted by molar-refractivity contribution is 5.52. The van der Waals surface area contributed by atoms with E-state index in [2.05, 4.69) is 5.73 Å². The van der Waals surface area contributed by atoms with Crippen LogP contribution in [0.3, 0.4) is 0 Å². The van der Waals surface area contributed by atoms with Crippen molar-refractivity contribution in [1.82, 2.24) is 0 Å². The highest BCUT2D eigenvalue weighted by Gasteiger charge is 1.66. The molecule has 0 N–H and O–H groups in total. The van der Waals surface area contributed by atoms with Gasteiger partial charge in [-0.2, -0.15) is 0 Å². The molecule has 0 fully saturated rings. The van der Waals surface area contributed by atoms with Crippen molar-refractivity contribution in [2.45, 2.75) is 6.42 Å². The van der Waals surface area contributed by atoms with Gasteiger partial charge in [0.2, 0.25) is 0 Å². The molecule has 0 aliphatic rings. The minimum Gasteiger partial charge on any atom is -0.872 e. The second-order valence-corrected chi connectivity index (χ2v) is 1.67. The summed E-state index contributed by atoms with van der Waals surface area (Å²) < 4.78 is 0. The quantitative estimate of drug-likeness (QED) is 0.256. The molecule has 0 saturated heterocycles. The maximum Gasteiger partial charge on any atom is 0.123 e. The number of hydrogen-bond acceptors (Lipinski definition) is 2. The van der Waals surface area contributed by atoms with Crippen molar-refractivity contribution in [3.63, 3.8) is 0 Å². The summed E-state index contributed by atoms with van der Waals surface area (Å²) in [5.74, 6) is 0. The zero-order valence-electron chi connectivity index (χ0n) is 6.07. The Labute approximate surface area is 65.9 Å². The molecule has 0 rings (SSSR count). The molecule has 0 radical (unpaired) electrons. The molecule has 0 amide bonds. The summed E-state index contributed by atoms with van der Waals surface area (Å²) in [6.07, 6.45) is 10.2. The van der Waals surface area contributed by atoms with Crippen molar-refractivity contribution in [3.8, 4) is 0 Å². The van der Waals surface area contributed by atoms with Crippen LogP contribution in [0.25, 0.3) is 0 Å². The second kappa shape index (κ2) is 8.47. The summed E-state index contributed by atoms with van der Waals surface area (Å²) in [4.78, 5) is 9.80. The van der Waals surface area contributed by atoms with Crippen LogP contribution in [-0.4, -0.2) is 6.29 Å². The van der Waals surface area contributed by atoms with Gasteiger partial charge in [-0.15, -0.1) is 12.0 Å². The molecule has 0 aliphatic heterocycles. The monoisotopic (exact) mass is 149 g/mol. The molecule has 0 aromatic carbocycles. The lowest BCUT2D eigenvalue weighted by atomic mass is 10.4. The van der Waals surface area contributed by atoms with E-state index in [-0.39, 0.29) is 0 Å². The number of allylic oxidation sites excluding steroid dienone is 5. The third-order valence-electron chi connectivity index (χ3n) is 0.851. The Hall–Kier alpha value is -1.53. The van der Waals surface area contributed by atoms with Crippen molar-refractivity contribution < 1.29 is 9.90 Å². The molecule has 2 nitrogen and oxygen atoms in total. The molecule has 0 saturated carbocycles. The van der Waals surface area contributed by atoms with Gasteiger partial charge in [0.25, 0.3) is 0 Å². The van der Waals surface area contributed by atoms with Crippen LogP contribution in [0.15, 0.2) is 42.4 Å². The standard InChI is InChI=1S/C9H10O2/c10-8-6-4-2-1-3-5-7-9-11/h1-5,8-9,11H,6H2/p-1. The van der Waals surface area contributed by atoms with Crippen LogP contribution in [0.1, 0.15) is 6.42 Å². The van der Waals surface area contributed by atoms with Crippen molar-refractivity contribution in [1.29, 1.82) is 0 Å². The fraction of sp³-hybridized carbons (Fsp3) is 0.111. The summed E-state index contributed by atoms with van der Waals surface area (Å²) in [5.41, 5.74) is 2.34. The topological polar surface area (TPSA) is 40.1 Å². The van der Waals surface area contributed by atoms with Crippen molar-refractivity contribution in [3.05, 3.63) is 42.4 Å². The van der Waals surface area contributed by atoms with Crippen LogP contribution < -0.4 is 5.11 Å². The lowest BCUT2D eigenvalue weighted by molar-refractivity contribution is -0.274. The predicted molar refractivity (Wildman–Crippen MR) is 41.6 cm³/mol. The zero-order valence-corrected chi connectivity index (χ0v) is 6.07. The smallest absolute Gasteiger partial charge is 0.123 e. The van der Waals surface area contributed by atoms with Crippen LogP contribution >= 0.6 is 0 Å². The fourth-order valence-corrected chi connectivity index (χ4v) is 0.427. The van der Waals surface area contributed by atoms with E-state index in [9.17, 15) is 9.90 Å². The van der Waals surface area contributed by atoms with Crippen molar-refractivity contribution >= 4 is 6.29 Å². The SMILES string of the molecule is O=CCC=CC=CC=C=C[O-]. The van der Waals surface area contributed by atoms with Gasteiger partial charge >= 0.3 is 0 Å². The first-order chi connectivity index (χ1) is 5.41. The van der Waals surface area contributed by atoms with E-state index >= 15 is 0 Å². The molecule has 0 aliphatic carbocycles. The van der Waals surface area contributed by atoms with Crippen LogP contribution in [0, 0.1) is 0 Å². The lowest BCUT2D eigenvalue weighted by Crippen LogP contribution is -1.80. The summed E-state index contributed by atoms with van der Waals surface area (Å²) in [5, 5.41) is 9.70. The van der Waals surface area contributed by atoms with Crippen molar-refractivity contribution in [2.24, 2.45) is 0 Å². The maximum atomic E-state index is 9.80. The Morgan fingerprint density at radius 1 is 1.27 bits per heavy atom. The summed E-state index contributed by atoms with van der Waals surface area (Å²) in [6, 6.07) is 0. The molecule has 58 valence electrons. The number of carbonyl (C=O) groups is 1. The molecular formula is C9H9O2-. The zero-order chi connectivity index (χ0) is 8.36. The van der Waals surface area contributed by atoms with E-state index in [1.165, 1.54) is 6.08 Å². The molecule has 0 aromatic rings. The summed E-state index contributed by atoms with van der Waals surface area (Å²) >= 11 is 0. The van der Waals surface area contributed by atoms with E-state index in [0.29, 0.717) is 12.7 Å². The van der Waals surface area contributed by atoms with Gasteiger partial charge in [-0.25, -0.2) is 0 Å². The third-order valence-corrected chi connectivity index (χ3v) is 0.851. The van der Waals surface area contributed by atoms with E-state index in [0.717, 1.165) is 6.29 Å². The van der Waals surface area contributed by atoms with E-state index in [4.69, 9.17) is 0 Å². The number of rotatable bonds is 4. The van der Waals surface area contributed by atoms with Crippen LogP contribution in [0.5, 0.6) is 0 Å². The summed E-state index contributed by atoms with van der Waals surface area (Å²) in [6.45, 7) is 0. The molecule has 0 unspecified atom stereocenters. The first-order valence-corrected chi connectivity index (χ1v) is 3.20. The maximum absolute atomic E-state index is 9.80. The Morgan fingerprint density at radius 3 is 2.73 bits per heavy atom. The molecule has 11 heavy (non-hydrogen) atoms. The average Bonchev–Trinajstić information content (AvgIpc) is 2.03. The van der Waals surface area contributed by atoms with Gasteiger partial charge in [-0.05, 0) is 6.08 Å². The van der Waals surface area contributed by atoms with Gasteiger partial charge in [-0.1, -0.05) is 24.3 Å². The van der Waals surface area contributed by atoms with Gasteiger partial charge in [0, 0.05) is 6.42 Å². The van der Waals surface area contributed by atoms with Gasteiger partial charge in [0.05, 0.1) is 0 Å². The molecule has 0 aromatic heterocycles. The average molecular weight is 149 g/mol. The minimum absolute atomic E-state index is 0.422. The van der Waals surface area contributed by atoms with E-state index in [1.807, 2.05) is 0 Å². The Balaban J connectivity index is 3.59. The van der Waals surface area contributed by atoms with E-state index < -0.39 is 0 Å². The van der Waals surface area contributed by atoms with Gasteiger partial charge in [-0.3, -0.25) is 0 Å². The molecule has 2 heteroatoms. The molecule has 0 bridgehead atoms. The molecular weight excluding hydrogens is 140 g/mol. The van der Waals surface area contributed by atoms with Crippen LogP contribution in [0.4, 0.5) is 0 Å². The predicted octanol–water partition coefficient (Wildman–Crippen LogP) is 0.717. The Morgan fingerprint density at radius 2 is 2.09 bits per heavy atom. The van der Waals surface area contributed by atoms with Gasteiger partial charge in [0.1, 0.15) is 6.29 Å². The number of carbonyl (C=O) groups excluding carboxylic acids is 1. The van der Waals surface area contributed by atoms with Crippen LogP contribution in [0.2, 0.25) is 0 Å². The van der Waals surface area contributed by atoms with E-state index in [1.54, 1.807) is 24.3 Å². The third kappa shape index (κ3) is 8.47. The molecule has 0 atom stereocenters. The second-order valence-electron chi connectivity index (χ2n) is 1.67. The van der Waals surface area contributed by atoms with Crippen molar-refractivity contribution in [2.75, 3.05) is 0 Å². The summed E-state index contributed by atoms with van der Waals surface area (Å²) in [7, 11) is 0. The fourth-order valence-electron chi connectivity index (χ4n) is 0.427. The Kier molecular flexibility index (Phi) is 7.29. The highest BCUT2D eigenvalue weighted by Crippen LogP contribution is 1.80. The number of hydrogen-bond donors (Lipinski definition) is 0. The molecule has 0 spiro atoms. The highest BCUT2D eigenvalue weighted by atomic mass is 16.2. The largest absolute Gasteiger partial charge is 0.872 e. The molecule has 0 heterocycles. The van der Waals surface area contributed by atoms with Gasteiger partial charge < -0.3 is 9.90 Å². The first kappa shape index (κ1) is 9.47. The normalized spacial score (nSPS) is 9.82. The Bertz CT molecular complexity index is 206. The lowest BCUT2D eigenvalue weighted by Gasteiger charge is -1.75. The van der Waals surface area contributed by atoms with Crippen LogP contribution in [-0.2, 0) is 4.79 Å². The first-order valence-electron chi connectivity index (χ1n) is 3.20.